The van der Waals surface area contributed by atoms with Gasteiger partial charge in [0.25, 0.3) is 11.8 Å². The molecule has 1 rings (SSSR count). The first-order valence-electron chi connectivity index (χ1n) is 6.72. The fraction of sp³-hybridized carbons (Fsp3) is 0.571. The number of ether oxygens (including phenoxy) is 1. The smallest absolute Gasteiger partial charge is 0.408 e. The molecule has 1 heterocycles. The minimum absolute atomic E-state index is 0.0663. The van der Waals surface area contributed by atoms with Crippen LogP contribution in [0.2, 0.25) is 0 Å². The molecule has 22 heavy (non-hydrogen) atoms. The van der Waals surface area contributed by atoms with Crippen LogP contribution in [0, 0.1) is 0 Å². The first kappa shape index (κ1) is 17.7. The Balaban J connectivity index is 2.70. The summed E-state index contributed by atoms with van der Waals surface area (Å²) in [5, 5.41) is 11.0. The molecule has 0 spiro atoms. The number of imide groups is 1. The number of nitrogens with one attached hydrogen (secondary N) is 1. The van der Waals surface area contributed by atoms with Gasteiger partial charge in [-0.1, -0.05) is 0 Å². The summed E-state index contributed by atoms with van der Waals surface area (Å²) in [4.78, 5) is 47.0. The lowest BCUT2D eigenvalue weighted by atomic mass is 9.95. The first-order valence-corrected chi connectivity index (χ1v) is 6.72. The van der Waals surface area contributed by atoms with Gasteiger partial charge in [0.05, 0.1) is 6.04 Å². The van der Waals surface area contributed by atoms with Crippen molar-refractivity contribution in [3.8, 4) is 0 Å². The monoisotopic (exact) mass is 312 g/mol. The maximum Gasteiger partial charge on any atom is 0.408 e. The van der Waals surface area contributed by atoms with Gasteiger partial charge in [0.15, 0.2) is 0 Å². The van der Waals surface area contributed by atoms with Crippen LogP contribution in [0.3, 0.4) is 0 Å². The number of nitrogens with zero attached hydrogens (tertiary/aromatic N) is 1. The van der Waals surface area contributed by atoms with Gasteiger partial charge < -0.3 is 15.2 Å². The molecule has 2 atom stereocenters. The van der Waals surface area contributed by atoms with Gasteiger partial charge in [-0.25, -0.2) is 9.59 Å². The van der Waals surface area contributed by atoms with E-state index in [-0.39, 0.29) is 5.57 Å². The van der Waals surface area contributed by atoms with Crippen molar-refractivity contribution in [3.05, 3.63) is 11.6 Å². The number of hydrogen-bond donors (Lipinski definition) is 2. The predicted molar refractivity (Wildman–Crippen MR) is 75.9 cm³/mol. The van der Waals surface area contributed by atoms with Gasteiger partial charge in [0.1, 0.15) is 11.6 Å². The van der Waals surface area contributed by atoms with Crippen LogP contribution in [0.4, 0.5) is 4.79 Å². The average Bonchev–Trinajstić information content (AvgIpc) is 2.33. The molecule has 0 saturated carbocycles. The Kier molecular flexibility index (Phi) is 4.95. The summed E-state index contributed by atoms with van der Waals surface area (Å²) in [6.07, 6.45) is -0.0145. The number of amides is 3. The summed E-state index contributed by atoms with van der Waals surface area (Å²) in [6, 6.07) is -1.44. The highest BCUT2D eigenvalue weighted by Gasteiger charge is 2.49. The standard InChI is InChI=1S/C14H20N2O6/c1-7(6-9(17)18)11(19)16-8(2)10(12(16)20)15-13(21)22-14(3,4)5/h6,8,10H,1-5H3,(H,15,21)(H,17,18)/t8-,10+/m1/s1. The second-order valence-electron chi connectivity index (χ2n) is 6.04. The van der Waals surface area contributed by atoms with E-state index >= 15 is 0 Å². The Labute approximate surface area is 128 Å². The largest absolute Gasteiger partial charge is 0.478 e. The lowest BCUT2D eigenvalue weighted by molar-refractivity contribution is -0.159. The summed E-state index contributed by atoms with van der Waals surface area (Å²) < 4.78 is 5.04. The molecule has 0 aliphatic carbocycles. The van der Waals surface area contributed by atoms with E-state index in [0.717, 1.165) is 11.0 Å². The van der Waals surface area contributed by atoms with E-state index in [1.807, 2.05) is 0 Å². The van der Waals surface area contributed by atoms with Crippen molar-refractivity contribution >= 4 is 23.9 Å². The van der Waals surface area contributed by atoms with E-state index in [9.17, 15) is 19.2 Å². The lowest BCUT2D eigenvalue weighted by Crippen LogP contribution is -2.71. The van der Waals surface area contributed by atoms with Crippen LogP contribution in [0.25, 0.3) is 0 Å². The maximum atomic E-state index is 12.0. The summed E-state index contributed by atoms with van der Waals surface area (Å²) in [6.45, 7) is 7.96. The van der Waals surface area contributed by atoms with E-state index in [0.29, 0.717) is 0 Å². The third kappa shape index (κ3) is 4.06. The molecule has 0 aromatic heterocycles. The molecule has 1 saturated heterocycles. The van der Waals surface area contributed by atoms with Crippen LogP contribution >= 0.6 is 0 Å². The van der Waals surface area contributed by atoms with Crippen LogP contribution < -0.4 is 5.32 Å². The number of β-lactam (4-membered cyclic amide) rings is 1. The van der Waals surface area contributed by atoms with Gasteiger partial charge in [-0.05, 0) is 34.6 Å². The zero-order chi connectivity index (χ0) is 17.2. The average molecular weight is 312 g/mol. The topological polar surface area (TPSA) is 113 Å². The zero-order valence-corrected chi connectivity index (χ0v) is 13.2. The van der Waals surface area contributed by atoms with Crippen LogP contribution in [0.5, 0.6) is 0 Å². The fourth-order valence-electron chi connectivity index (χ4n) is 1.96. The minimum atomic E-state index is -1.27. The molecule has 8 nitrogen and oxygen atoms in total. The molecule has 0 radical (unpaired) electrons. The summed E-state index contributed by atoms with van der Waals surface area (Å²) in [7, 11) is 0. The van der Waals surface area contributed by atoms with Crippen molar-refractivity contribution in [2.75, 3.05) is 0 Å². The second-order valence-corrected chi connectivity index (χ2v) is 6.04. The third-order valence-electron chi connectivity index (χ3n) is 2.96. The molecule has 122 valence electrons. The van der Waals surface area contributed by atoms with Crippen molar-refractivity contribution < 1.29 is 29.0 Å². The molecule has 3 amide bonds. The highest BCUT2D eigenvalue weighted by atomic mass is 16.6. The number of alkyl carbamates (subject to hydrolysis) is 1. The summed E-state index contributed by atoms with van der Waals surface area (Å²) in [5.41, 5.74) is -0.764. The lowest BCUT2D eigenvalue weighted by Gasteiger charge is -2.43. The molecule has 1 fully saturated rings. The molecule has 1 aliphatic rings. The van der Waals surface area contributed by atoms with Crippen LogP contribution in [-0.4, -0.2) is 51.6 Å². The van der Waals surface area contributed by atoms with Gasteiger partial charge in [-0.15, -0.1) is 0 Å². The number of aliphatic carboxylic acids is 1. The fourth-order valence-corrected chi connectivity index (χ4v) is 1.96. The van der Waals surface area contributed by atoms with Crippen LogP contribution in [0.15, 0.2) is 11.6 Å². The van der Waals surface area contributed by atoms with Crippen molar-refractivity contribution in [1.82, 2.24) is 10.2 Å². The molecular formula is C14H20N2O6. The number of hydrogen-bond acceptors (Lipinski definition) is 5. The highest BCUT2D eigenvalue weighted by molar-refractivity contribution is 6.11. The van der Waals surface area contributed by atoms with Crippen LogP contribution in [-0.2, 0) is 19.1 Å². The summed E-state index contributed by atoms with van der Waals surface area (Å²) in [5.74, 6) is -2.56. The number of carboxylic acids is 1. The normalized spacial score (nSPS) is 22.0. The molecule has 0 unspecified atom stereocenters. The van der Waals surface area contributed by atoms with Crippen molar-refractivity contribution in [3.63, 3.8) is 0 Å². The molecule has 0 aromatic rings. The molecular weight excluding hydrogens is 292 g/mol. The van der Waals surface area contributed by atoms with Gasteiger partial charge in [0, 0.05) is 11.6 Å². The van der Waals surface area contributed by atoms with Crippen LogP contribution in [0.1, 0.15) is 34.6 Å². The van der Waals surface area contributed by atoms with Gasteiger partial charge in [-0.2, -0.15) is 0 Å². The van der Waals surface area contributed by atoms with E-state index in [1.54, 1.807) is 27.7 Å². The quantitative estimate of drug-likeness (QED) is 0.585. The Hall–Kier alpha value is -2.38. The molecule has 0 aromatic carbocycles. The Morgan fingerprint density at radius 1 is 1.32 bits per heavy atom. The SMILES string of the molecule is CC(=CC(=O)O)C(=O)N1C(=O)[C@@H](NC(=O)OC(C)(C)C)[C@H]1C. The number of carbonyl (C=O) groups excluding carboxylic acids is 3. The van der Waals surface area contributed by atoms with E-state index in [4.69, 9.17) is 9.84 Å². The third-order valence-corrected chi connectivity index (χ3v) is 2.96. The summed E-state index contributed by atoms with van der Waals surface area (Å²) >= 11 is 0. The number of carbonyl (C=O) groups is 4. The first-order chi connectivity index (χ1) is 9.94. The number of rotatable bonds is 3. The number of carboxylic acid groups (broad SMARTS) is 1. The van der Waals surface area contributed by atoms with E-state index in [1.165, 1.54) is 6.92 Å². The van der Waals surface area contributed by atoms with E-state index < -0.39 is 41.6 Å². The molecule has 8 heteroatoms. The predicted octanol–water partition coefficient (Wildman–Crippen LogP) is 0.668. The highest BCUT2D eigenvalue weighted by Crippen LogP contribution is 2.22. The van der Waals surface area contributed by atoms with Gasteiger partial charge in [0.2, 0.25) is 0 Å². The maximum absolute atomic E-state index is 12.0. The Morgan fingerprint density at radius 3 is 2.27 bits per heavy atom. The van der Waals surface area contributed by atoms with Crippen molar-refractivity contribution in [2.45, 2.75) is 52.3 Å². The molecule has 1 aliphatic heterocycles. The van der Waals surface area contributed by atoms with Crippen molar-refractivity contribution in [1.29, 1.82) is 0 Å². The minimum Gasteiger partial charge on any atom is -0.478 e. The molecule has 2 N–H and O–H groups in total. The zero-order valence-electron chi connectivity index (χ0n) is 13.2. The van der Waals surface area contributed by atoms with Gasteiger partial charge in [-0.3, -0.25) is 14.5 Å². The van der Waals surface area contributed by atoms with Crippen molar-refractivity contribution in [2.24, 2.45) is 0 Å². The van der Waals surface area contributed by atoms with E-state index in [2.05, 4.69) is 5.32 Å². The second kappa shape index (κ2) is 6.17. The molecule has 0 bridgehead atoms. The number of likely N-dealkylation sites (tertiary alicyclic amines) is 1. The Morgan fingerprint density at radius 2 is 1.86 bits per heavy atom. The Bertz CT molecular complexity index is 546. The van der Waals surface area contributed by atoms with Gasteiger partial charge >= 0.3 is 12.1 Å².